The van der Waals surface area contributed by atoms with Gasteiger partial charge in [-0.25, -0.2) is 13.8 Å². The van der Waals surface area contributed by atoms with Gasteiger partial charge in [0.1, 0.15) is 17.5 Å². The van der Waals surface area contributed by atoms with Crippen LogP contribution >= 0.6 is 0 Å². The van der Waals surface area contributed by atoms with E-state index in [1.165, 1.54) is 36.5 Å². The van der Waals surface area contributed by atoms with Gasteiger partial charge in [-0.3, -0.25) is 9.78 Å². The Kier molecular flexibility index (Phi) is 5.20. The largest absolute Gasteiger partial charge is 0.344 e. The molecule has 148 valence electrons. The van der Waals surface area contributed by atoms with Crippen molar-refractivity contribution in [2.24, 2.45) is 0 Å². The van der Waals surface area contributed by atoms with Crippen LogP contribution in [0.3, 0.4) is 0 Å². The molecule has 7 heteroatoms. The van der Waals surface area contributed by atoms with Gasteiger partial charge in [0.15, 0.2) is 0 Å². The maximum Gasteiger partial charge on any atom is 0.251 e. The van der Waals surface area contributed by atoms with Gasteiger partial charge in [-0.05, 0) is 68.3 Å². The number of rotatable bonds is 4. The molecule has 0 saturated heterocycles. The highest BCUT2D eigenvalue weighted by atomic mass is 19.1. The minimum Gasteiger partial charge on any atom is -0.344 e. The Balaban J connectivity index is 1.53. The van der Waals surface area contributed by atoms with Crippen LogP contribution in [0.2, 0.25) is 0 Å². The summed E-state index contributed by atoms with van der Waals surface area (Å²) in [5.41, 5.74) is 3.00. The Labute approximate surface area is 167 Å². The molecule has 0 fully saturated rings. The Morgan fingerprint density at radius 2 is 1.83 bits per heavy atom. The summed E-state index contributed by atoms with van der Waals surface area (Å²) >= 11 is 0. The molecule has 4 rings (SSSR count). The van der Waals surface area contributed by atoms with Crippen LogP contribution < -0.4 is 10.2 Å². The molecule has 0 spiro atoms. The lowest BCUT2D eigenvalue weighted by Crippen LogP contribution is -2.29. The Bertz CT molecular complexity index is 1020. The number of pyridine rings is 2. The fourth-order valence-electron chi connectivity index (χ4n) is 3.43. The summed E-state index contributed by atoms with van der Waals surface area (Å²) in [6.45, 7) is 2.64. The third-order valence-corrected chi connectivity index (χ3v) is 4.94. The van der Waals surface area contributed by atoms with Gasteiger partial charge >= 0.3 is 0 Å². The molecule has 2 aromatic heterocycles. The van der Waals surface area contributed by atoms with E-state index in [0.717, 1.165) is 36.5 Å². The van der Waals surface area contributed by atoms with E-state index in [9.17, 15) is 13.6 Å². The highest BCUT2D eigenvalue weighted by Crippen LogP contribution is 2.32. The quantitative estimate of drug-likeness (QED) is 0.716. The summed E-state index contributed by atoms with van der Waals surface area (Å²) in [6, 6.07) is 12.0. The first-order valence-electron chi connectivity index (χ1n) is 9.46. The summed E-state index contributed by atoms with van der Waals surface area (Å²) in [5, 5.41) is 2.90. The van der Waals surface area contributed by atoms with E-state index in [1.54, 1.807) is 6.07 Å². The maximum absolute atomic E-state index is 13.2. The molecule has 1 aliphatic rings. The second-order valence-electron chi connectivity index (χ2n) is 6.99. The highest BCUT2D eigenvalue weighted by molar-refractivity contribution is 5.94. The van der Waals surface area contributed by atoms with Gasteiger partial charge in [0.05, 0.1) is 29.3 Å². The first-order valence-corrected chi connectivity index (χ1v) is 9.46. The summed E-state index contributed by atoms with van der Waals surface area (Å²) in [6.07, 6.45) is 2.93. The smallest absolute Gasteiger partial charge is 0.251 e. The summed E-state index contributed by atoms with van der Waals surface area (Å²) < 4.78 is 26.2. The van der Waals surface area contributed by atoms with E-state index in [2.05, 4.69) is 10.3 Å². The number of benzene rings is 1. The van der Waals surface area contributed by atoms with Crippen molar-refractivity contribution in [2.45, 2.75) is 25.8 Å². The van der Waals surface area contributed by atoms with Crippen molar-refractivity contribution < 1.29 is 13.6 Å². The van der Waals surface area contributed by atoms with Gasteiger partial charge in [0.25, 0.3) is 5.91 Å². The molecule has 5 nitrogen and oxygen atoms in total. The van der Waals surface area contributed by atoms with Crippen LogP contribution in [0, 0.1) is 11.6 Å². The van der Waals surface area contributed by atoms with Gasteiger partial charge in [-0.2, -0.15) is 0 Å². The number of hydrogen-bond acceptors (Lipinski definition) is 4. The number of hydrogen-bond donors (Lipinski definition) is 1. The Morgan fingerprint density at radius 1 is 1.07 bits per heavy atom. The number of aryl methyl sites for hydroxylation is 1. The number of carbonyl (C=O) groups is 1. The summed E-state index contributed by atoms with van der Waals surface area (Å²) in [4.78, 5) is 23.3. The summed E-state index contributed by atoms with van der Waals surface area (Å²) in [7, 11) is 0. The van der Waals surface area contributed by atoms with Crippen molar-refractivity contribution >= 4 is 17.4 Å². The molecule has 29 heavy (non-hydrogen) atoms. The number of nitrogens with zero attached hydrogens (tertiary/aromatic N) is 3. The Hall–Kier alpha value is -3.35. The zero-order valence-corrected chi connectivity index (χ0v) is 15.9. The van der Waals surface area contributed by atoms with Gasteiger partial charge < -0.3 is 10.2 Å². The molecule has 0 aliphatic carbocycles. The predicted molar refractivity (Wildman–Crippen MR) is 106 cm³/mol. The van der Waals surface area contributed by atoms with E-state index in [0.29, 0.717) is 11.4 Å². The first kappa shape index (κ1) is 19.0. The second kappa shape index (κ2) is 7.95. The van der Waals surface area contributed by atoms with E-state index >= 15 is 0 Å². The lowest BCUT2D eigenvalue weighted by atomic mass is 10.1. The average Bonchev–Trinajstić information content (AvgIpc) is 2.74. The van der Waals surface area contributed by atoms with Crippen LogP contribution in [0.25, 0.3) is 0 Å². The Morgan fingerprint density at radius 3 is 2.55 bits per heavy atom. The van der Waals surface area contributed by atoms with E-state index in [-0.39, 0.29) is 23.6 Å². The van der Waals surface area contributed by atoms with Gasteiger partial charge in [0, 0.05) is 12.1 Å². The molecule has 1 unspecified atom stereocenters. The molecule has 1 aliphatic heterocycles. The molecular formula is C22H20F2N4O. The number of halogens is 2. The van der Waals surface area contributed by atoms with Crippen LogP contribution in [0.1, 0.15) is 41.1 Å². The van der Waals surface area contributed by atoms with Crippen molar-refractivity contribution in [3.63, 3.8) is 0 Å². The predicted octanol–water partition coefficient (Wildman–Crippen LogP) is 4.33. The first-order chi connectivity index (χ1) is 14.0. The van der Waals surface area contributed by atoms with Gasteiger partial charge in [-0.15, -0.1) is 0 Å². The van der Waals surface area contributed by atoms with E-state index in [1.807, 2.05) is 24.0 Å². The van der Waals surface area contributed by atoms with Crippen LogP contribution in [0.15, 0.2) is 54.7 Å². The standard InChI is InChI=1S/C22H20F2N4O/c1-14(26-22(29)15-4-6-16(23)7-5-15)18-9-10-20-19(27-18)3-2-12-28(20)21-11-8-17(24)13-25-21/h4-11,13-14H,2-3,12H2,1H3,(H,26,29). The summed E-state index contributed by atoms with van der Waals surface area (Å²) in [5.74, 6) is -0.356. The molecule has 0 saturated carbocycles. The fourth-order valence-corrected chi connectivity index (χ4v) is 3.43. The third kappa shape index (κ3) is 4.08. The van der Waals surface area contributed by atoms with Crippen LogP contribution in [-0.4, -0.2) is 22.4 Å². The number of fused-ring (bicyclic) bond motifs is 1. The number of nitrogens with one attached hydrogen (secondary N) is 1. The normalized spacial score (nSPS) is 14.2. The van der Waals surface area contributed by atoms with Crippen molar-refractivity contribution in [1.82, 2.24) is 15.3 Å². The number of carbonyl (C=O) groups excluding carboxylic acids is 1. The lowest BCUT2D eigenvalue weighted by molar-refractivity contribution is 0.0939. The van der Waals surface area contributed by atoms with Crippen LogP contribution in [0.4, 0.5) is 20.3 Å². The lowest BCUT2D eigenvalue weighted by Gasteiger charge is -2.30. The van der Waals surface area contributed by atoms with Crippen LogP contribution in [0.5, 0.6) is 0 Å². The SMILES string of the molecule is CC(NC(=O)c1ccc(F)cc1)c1ccc2c(n1)CCCN2c1ccc(F)cn1. The zero-order chi connectivity index (χ0) is 20.4. The van der Waals surface area contributed by atoms with Crippen molar-refractivity contribution in [2.75, 3.05) is 11.4 Å². The van der Waals surface area contributed by atoms with Gasteiger partial charge in [0.2, 0.25) is 0 Å². The molecular weight excluding hydrogens is 374 g/mol. The molecule has 3 heterocycles. The molecule has 3 aromatic rings. The number of anilines is 2. The van der Waals surface area contributed by atoms with Gasteiger partial charge in [-0.1, -0.05) is 0 Å². The molecule has 1 aromatic carbocycles. The number of aromatic nitrogens is 2. The maximum atomic E-state index is 13.2. The third-order valence-electron chi connectivity index (χ3n) is 4.94. The zero-order valence-electron chi connectivity index (χ0n) is 15.9. The molecule has 1 atom stereocenters. The van der Waals surface area contributed by atoms with Crippen molar-refractivity contribution in [3.05, 3.63) is 83.3 Å². The van der Waals surface area contributed by atoms with Crippen molar-refractivity contribution in [3.8, 4) is 0 Å². The van der Waals surface area contributed by atoms with Crippen molar-refractivity contribution in [1.29, 1.82) is 0 Å². The minimum absolute atomic E-state index is 0.283. The van der Waals surface area contributed by atoms with E-state index < -0.39 is 0 Å². The fraction of sp³-hybridized carbons (Fsp3) is 0.227. The second-order valence-corrected chi connectivity index (χ2v) is 6.99. The topological polar surface area (TPSA) is 58.1 Å². The molecule has 1 N–H and O–H groups in total. The highest BCUT2D eigenvalue weighted by Gasteiger charge is 2.22. The molecule has 0 bridgehead atoms. The minimum atomic E-state index is -0.383. The monoisotopic (exact) mass is 394 g/mol. The van der Waals surface area contributed by atoms with E-state index in [4.69, 9.17) is 4.98 Å². The van der Waals surface area contributed by atoms with Crippen LogP contribution in [-0.2, 0) is 6.42 Å². The number of amides is 1. The average molecular weight is 394 g/mol. The molecule has 0 radical (unpaired) electrons. The molecule has 1 amide bonds.